The van der Waals surface area contributed by atoms with Gasteiger partial charge < -0.3 is 9.73 Å². The number of nitrogens with zero attached hydrogens (tertiary/aromatic N) is 3. The van der Waals surface area contributed by atoms with Crippen LogP contribution in [0.2, 0.25) is 0 Å². The van der Waals surface area contributed by atoms with Gasteiger partial charge in [-0.15, -0.1) is 0 Å². The van der Waals surface area contributed by atoms with E-state index in [0.717, 1.165) is 25.0 Å². The summed E-state index contributed by atoms with van der Waals surface area (Å²) in [6.07, 6.45) is 6.84. The van der Waals surface area contributed by atoms with E-state index >= 15 is 0 Å². The summed E-state index contributed by atoms with van der Waals surface area (Å²) >= 11 is 0. The monoisotopic (exact) mass is 328 g/mol. The molecule has 3 aliphatic carbocycles. The molecule has 0 aromatic carbocycles. The predicted octanol–water partition coefficient (Wildman–Crippen LogP) is 2.74. The number of oxazole rings is 1. The lowest BCUT2D eigenvalue weighted by atomic mass is 9.58. The van der Waals surface area contributed by atoms with Crippen molar-refractivity contribution in [3.8, 4) is 0 Å². The number of hydrogen-bond acceptors (Lipinski definition) is 4. The minimum atomic E-state index is -0.0397. The van der Waals surface area contributed by atoms with E-state index in [1.807, 2.05) is 13.1 Å². The first-order chi connectivity index (χ1) is 11.5. The highest BCUT2D eigenvalue weighted by Crippen LogP contribution is 2.64. The van der Waals surface area contributed by atoms with Crippen LogP contribution in [0.3, 0.4) is 0 Å². The zero-order valence-electron chi connectivity index (χ0n) is 14.5. The first-order valence-corrected chi connectivity index (χ1v) is 8.74. The van der Waals surface area contributed by atoms with E-state index in [1.54, 1.807) is 6.20 Å². The highest BCUT2D eigenvalue weighted by Gasteiger charge is 2.63. The van der Waals surface area contributed by atoms with Crippen molar-refractivity contribution in [2.24, 2.45) is 11.8 Å². The summed E-state index contributed by atoms with van der Waals surface area (Å²) in [7, 11) is 0. The molecule has 3 unspecified atom stereocenters. The molecule has 24 heavy (non-hydrogen) atoms. The molecular weight excluding hydrogens is 304 g/mol. The standard InChI is InChI=1S/C18H24N4O2/c1-11(2)22-14(5-7-21-22)18-6-4-13(8-18)16(18)17(23)20-10-15-19-9-12(3)24-15/h5,7,9,11,13,16H,4,6,8,10H2,1-3H3,(H,20,23). The Morgan fingerprint density at radius 1 is 1.54 bits per heavy atom. The summed E-state index contributed by atoms with van der Waals surface area (Å²) in [6, 6.07) is 2.40. The molecule has 5 rings (SSSR count). The fourth-order valence-corrected chi connectivity index (χ4v) is 4.71. The second-order valence-corrected chi connectivity index (χ2v) is 7.47. The zero-order valence-corrected chi connectivity index (χ0v) is 14.5. The van der Waals surface area contributed by atoms with Crippen LogP contribution in [-0.4, -0.2) is 20.7 Å². The molecule has 3 atom stereocenters. The fourth-order valence-electron chi connectivity index (χ4n) is 4.71. The third kappa shape index (κ3) is 2.19. The van der Waals surface area contributed by atoms with E-state index in [9.17, 15) is 4.79 Å². The first kappa shape index (κ1) is 15.4. The van der Waals surface area contributed by atoms with Gasteiger partial charge in [0.15, 0.2) is 0 Å². The van der Waals surface area contributed by atoms with Crippen LogP contribution in [0, 0.1) is 18.8 Å². The van der Waals surface area contributed by atoms with E-state index in [1.165, 1.54) is 5.69 Å². The number of nitrogens with one attached hydrogen (secondary N) is 1. The average molecular weight is 328 g/mol. The molecule has 128 valence electrons. The number of carbonyl (C=O) groups is 1. The maximum atomic E-state index is 12.8. The van der Waals surface area contributed by atoms with Crippen molar-refractivity contribution in [1.29, 1.82) is 0 Å². The van der Waals surface area contributed by atoms with Crippen LogP contribution in [0.25, 0.3) is 0 Å². The fraction of sp³-hybridized carbons (Fsp3) is 0.611. The lowest BCUT2D eigenvalue weighted by Gasteiger charge is -2.46. The third-order valence-corrected chi connectivity index (χ3v) is 5.69. The Morgan fingerprint density at radius 2 is 2.38 bits per heavy atom. The van der Waals surface area contributed by atoms with Gasteiger partial charge in [-0.3, -0.25) is 9.48 Å². The number of aryl methyl sites for hydroxylation is 1. The van der Waals surface area contributed by atoms with Gasteiger partial charge >= 0.3 is 0 Å². The molecule has 2 bridgehead atoms. The summed E-state index contributed by atoms with van der Waals surface area (Å²) < 4.78 is 7.53. The van der Waals surface area contributed by atoms with Gasteiger partial charge in [-0.05, 0) is 52.0 Å². The molecule has 3 saturated carbocycles. The van der Waals surface area contributed by atoms with Crippen molar-refractivity contribution >= 4 is 5.91 Å². The Bertz CT molecular complexity index is 759. The number of carbonyl (C=O) groups excluding carboxylic acids is 1. The second-order valence-electron chi connectivity index (χ2n) is 7.47. The lowest BCUT2D eigenvalue weighted by molar-refractivity contribution is -0.133. The molecule has 1 amide bonds. The first-order valence-electron chi connectivity index (χ1n) is 8.74. The molecule has 3 aliphatic rings. The summed E-state index contributed by atoms with van der Waals surface area (Å²) in [4.78, 5) is 17.0. The number of fused-ring (bicyclic) bond motifs is 1. The molecule has 2 aromatic rings. The van der Waals surface area contributed by atoms with Crippen LogP contribution >= 0.6 is 0 Å². The normalized spacial score (nSPS) is 28.2. The van der Waals surface area contributed by atoms with Crippen LogP contribution in [-0.2, 0) is 16.8 Å². The smallest absolute Gasteiger partial charge is 0.224 e. The Kier molecular flexibility index (Phi) is 3.51. The van der Waals surface area contributed by atoms with Gasteiger partial charge in [-0.25, -0.2) is 4.98 Å². The maximum absolute atomic E-state index is 12.8. The SMILES string of the molecule is Cc1cnc(CNC(=O)C2C3CCC2(c2ccnn2C(C)C)C3)o1. The number of rotatable bonds is 5. The van der Waals surface area contributed by atoms with Crippen molar-refractivity contribution in [2.45, 2.75) is 58.0 Å². The van der Waals surface area contributed by atoms with Crippen LogP contribution in [0.5, 0.6) is 0 Å². The van der Waals surface area contributed by atoms with E-state index in [4.69, 9.17) is 4.42 Å². The zero-order chi connectivity index (χ0) is 16.9. The molecule has 3 fully saturated rings. The topological polar surface area (TPSA) is 73.0 Å². The van der Waals surface area contributed by atoms with Gasteiger partial charge in [0.25, 0.3) is 0 Å². The molecule has 0 saturated heterocycles. The third-order valence-electron chi connectivity index (χ3n) is 5.69. The van der Waals surface area contributed by atoms with Gasteiger partial charge in [0.2, 0.25) is 11.8 Å². The Labute approximate surface area is 141 Å². The number of aromatic nitrogens is 3. The van der Waals surface area contributed by atoms with Crippen molar-refractivity contribution in [2.75, 3.05) is 0 Å². The van der Waals surface area contributed by atoms with Gasteiger partial charge in [-0.1, -0.05) is 0 Å². The Balaban J connectivity index is 1.53. The molecule has 1 N–H and O–H groups in total. The number of hydrogen-bond donors (Lipinski definition) is 1. The molecule has 2 aromatic heterocycles. The lowest BCUT2D eigenvalue weighted by Crippen LogP contribution is -2.53. The van der Waals surface area contributed by atoms with Crippen LogP contribution < -0.4 is 5.32 Å². The highest BCUT2D eigenvalue weighted by molar-refractivity contribution is 5.82. The van der Waals surface area contributed by atoms with Crippen LogP contribution in [0.1, 0.15) is 56.5 Å². The van der Waals surface area contributed by atoms with E-state index < -0.39 is 0 Å². The van der Waals surface area contributed by atoms with Crippen molar-refractivity contribution < 1.29 is 9.21 Å². The van der Waals surface area contributed by atoms with Crippen LogP contribution in [0.4, 0.5) is 0 Å². The Morgan fingerprint density at radius 3 is 3.04 bits per heavy atom. The molecule has 6 heteroatoms. The predicted molar refractivity (Wildman–Crippen MR) is 88.2 cm³/mol. The van der Waals surface area contributed by atoms with E-state index in [-0.39, 0.29) is 17.2 Å². The molecule has 0 radical (unpaired) electrons. The van der Waals surface area contributed by atoms with Gasteiger partial charge in [-0.2, -0.15) is 5.10 Å². The minimum absolute atomic E-state index is 0.0397. The van der Waals surface area contributed by atoms with E-state index in [0.29, 0.717) is 24.4 Å². The number of amides is 1. The van der Waals surface area contributed by atoms with E-state index in [2.05, 4.69) is 40.0 Å². The van der Waals surface area contributed by atoms with Gasteiger partial charge in [0, 0.05) is 23.3 Å². The van der Waals surface area contributed by atoms with Gasteiger partial charge in [0.05, 0.1) is 18.7 Å². The molecule has 0 spiro atoms. The summed E-state index contributed by atoms with van der Waals surface area (Å²) in [5, 5.41) is 7.51. The average Bonchev–Trinajstić information content (AvgIpc) is 3.27. The largest absolute Gasteiger partial charge is 0.444 e. The van der Waals surface area contributed by atoms with Crippen molar-refractivity contribution in [3.63, 3.8) is 0 Å². The molecule has 2 heterocycles. The minimum Gasteiger partial charge on any atom is -0.444 e. The summed E-state index contributed by atoms with van der Waals surface area (Å²) in [6.45, 7) is 6.48. The summed E-state index contributed by atoms with van der Waals surface area (Å²) in [5.41, 5.74) is 1.18. The molecule has 6 nitrogen and oxygen atoms in total. The van der Waals surface area contributed by atoms with Crippen molar-refractivity contribution in [3.05, 3.63) is 35.8 Å². The Hall–Kier alpha value is -2.11. The quantitative estimate of drug-likeness (QED) is 0.916. The highest BCUT2D eigenvalue weighted by atomic mass is 16.4. The van der Waals surface area contributed by atoms with Crippen molar-refractivity contribution in [1.82, 2.24) is 20.1 Å². The summed E-state index contributed by atoms with van der Waals surface area (Å²) in [5.74, 6) is 1.99. The van der Waals surface area contributed by atoms with Crippen LogP contribution in [0.15, 0.2) is 22.9 Å². The second kappa shape index (κ2) is 5.46. The molecule has 0 aliphatic heterocycles. The van der Waals surface area contributed by atoms with Gasteiger partial charge in [0.1, 0.15) is 5.76 Å². The molecular formula is C18H24N4O2. The maximum Gasteiger partial charge on any atom is 0.224 e.